The highest BCUT2D eigenvalue weighted by Gasteiger charge is 2.21. The molecule has 0 spiro atoms. The molecule has 0 saturated carbocycles. The molecule has 0 amide bonds. The summed E-state index contributed by atoms with van der Waals surface area (Å²) >= 11 is 6.38. The van der Waals surface area contributed by atoms with E-state index in [-0.39, 0.29) is 34.6 Å². The third-order valence-electron chi connectivity index (χ3n) is 6.61. The molecule has 4 rings (SSSR count). The maximum atomic E-state index is 14.0. The van der Waals surface area contributed by atoms with E-state index in [1.165, 1.54) is 15.2 Å². The van der Waals surface area contributed by atoms with Gasteiger partial charge < -0.3 is 9.47 Å². The predicted molar refractivity (Wildman–Crippen MR) is 150 cm³/mol. The van der Waals surface area contributed by atoms with Gasteiger partial charge in [0.15, 0.2) is 5.82 Å². The van der Waals surface area contributed by atoms with Crippen molar-refractivity contribution < 1.29 is 18.3 Å². The Kier molecular flexibility index (Phi) is 9.11. The molecule has 4 heterocycles. The van der Waals surface area contributed by atoms with Crippen molar-refractivity contribution in [1.82, 2.24) is 14.1 Å². The monoisotopic (exact) mass is 570 g/mol. The first-order valence-electron chi connectivity index (χ1n) is 12.6. The highest BCUT2D eigenvalue weighted by atomic mass is 35.5. The lowest BCUT2D eigenvalue weighted by Crippen LogP contribution is -2.31. The lowest BCUT2D eigenvalue weighted by molar-refractivity contribution is 0.0850. The molecule has 0 atom stereocenters. The van der Waals surface area contributed by atoms with Crippen molar-refractivity contribution in [3.63, 3.8) is 0 Å². The quantitative estimate of drug-likeness (QED) is 0.224. The van der Waals surface area contributed by atoms with E-state index in [0.29, 0.717) is 47.6 Å². The lowest BCUT2D eigenvalue weighted by Gasteiger charge is -2.22. The van der Waals surface area contributed by atoms with Gasteiger partial charge in [-0.2, -0.15) is 0 Å². The summed E-state index contributed by atoms with van der Waals surface area (Å²) in [7, 11) is 1.55. The van der Waals surface area contributed by atoms with Gasteiger partial charge in [0.05, 0.1) is 11.9 Å². The second-order valence-electron chi connectivity index (χ2n) is 9.39. The molecular formula is C29H29ClF2N4O4. The maximum absolute atomic E-state index is 14.0. The summed E-state index contributed by atoms with van der Waals surface area (Å²) in [6.07, 6.45) is 5.61. The average molecular weight is 571 g/mol. The molecule has 0 radical (unpaired) electrons. The van der Waals surface area contributed by atoms with Crippen LogP contribution in [0.1, 0.15) is 42.6 Å². The smallest absolute Gasteiger partial charge is 0.277 e. The first-order chi connectivity index (χ1) is 19.1. The second kappa shape index (κ2) is 12.5. The van der Waals surface area contributed by atoms with E-state index in [1.807, 2.05) is 6.07 Å². The standard InChI is InChI=1S/C29H29ClF2N4O4/c1-17(2)24(14-26(33-4)35-9-5-6-21(28(35)37)19-7-10-39-11-8-19)36-18(3)12-25(27(30)29(36)38)40-16-23-22(32)13-20(31)15-34-23/h5-6,9,12-15,19H,1,7-8,10-11,16H2,2-4H3/b24-14+,33-26?. The van der Waals surface area contributed by atoms with Gasteiger partial charge in [0, 0.05) is 55.9 Å². The topological polar surface area (TPSA) is 87.7 Å². The summed E-state index contributed by atoms with van der Waals surface area (Å²) in [5, 5.41) is -0.256. The van der Waals surface area contributed by atoms with Crippen LogP contribution in [0.4, 0.5) is 8.78 Å². The molecule has 1 saturated heterocycles. The van der Waals surface area contributed by atoms with Crippen molar-refractivity contribution in [1.29, 1.82) is 0 Å². The number of hydrogen-bond donors (Lipinski definition) is 0. The summed E-state index contributed by atoms with van der Waals surface area (Å²) in [5.41, 5.74) is 1.05. The third kappa shape index (κ3) is 6.13. The van der Waals surface area contributed by atoms with E-state index in [1.54, 1.807) is 39.2 Å². The van der Waals surface area contributed by atoms with Crippen LogP contribution in [0.2, 0.25) is 5.02 Å². The van der Waals surface area contributed by atoms with Crippen molar-refractivity contribution in [2.75, 3.05) is 20.3 Å². The maximum Gasteiger partial charge on any atom is 0.277 e. The van der Waals surface area contributed by atoms with Gasteiger partial charge in [-0.3, -0.25) is 28.7 Å². The number of halogens is 3. The highest BCUT2D eigenvalue weighted by Crippen LogP contribution is 2.27. The molecule has 210 valence electrons. The van der Waals surface area contributed by atoms with Crippen LogP contribution in [0.15, 0.2) is 69.5 Å². The molecule has 0 N–H and O–H groups in total. The normalized spacial score (nSPS) is 14.8. The van der Waals surface area contributed by atoms with Gasteiger partial charge in [0.2, 0.25) is 0 Å². The average Bonchev–Trinajstić information content (AvgIpc) is 2.93. The van der Waals surface area contributed by atoms with E-state index in [4.69, 9.17) is 21.1 Å². The van der Waals surface area contributed by atoms with Crippen molar-refractivity contribution >= 4 is 23.1 Å². The van der Waals surface area contributed by atoms with Crippen LogP contribution in [-0.2, 0) is 11.3 Å². The summed E-state index contributed by atoms with van der Waals surface area (Å²) in [6.45, 7) is 8.24. The SMILES string of the molecule is C=C(C)/C(=C\C(=NC)n1cccc(C2CCOCC2)c1=O)n1c(C)cc(OCc2ncc(F)cc2F)c(Cl)c1=O. The van der Waals surface area contributed by atoms with Crippen molar-refractivity contribution in [2.45, 2.75) is 39.2 Å². The van der Waals surface area contributed by atoms with Crippen molar-refractivity contribution in [3.8, 4) is 5.75 Å². The van der Waals surface area contributed by atoms with Gasteiger partial charge in [-0.25, -0.2) is 8.78 Å². The molecule has 0 aromatic carbocycles. The molecule has 11 heteroatoms. The zero-order chi connectivity index (χ0) is 29.0. The lowest BCUT2D eigenvalue weighted by atomic mass is 9.93. The van der Waals surface area contributed by atoms with Gasteiger partial charge in [-0.05, 0) is 44.2 Å². The summed E-state index contributed by atoms with van der Waals surface area (Å²) < 4.78 is 40.9. The highest BCUT2D eigenvalue weighted by molar-refractivity contribution is 6.31. The zero-order valence-corrected chi connectivity index (χ0v) is 23.2. The Labute approximate surface area is 234 Å². The molecule has 1 fully saturated rings. The van der Waals surface area contributed by atoms with Crippen LogP contribution in [0.25, 0.3) is 5.70 Å². The number of nitrogens with zero attached hydrogens (tertiary/aromatic N) is 4. The van der Waals surface area contributed by atoms with E-state index in [2.05, 4.69) is 16.6 Å². The van der Waals surface area contributed by atoms with E-state index in [9.17, 15) is 18.4 Å². The van der Waals surface area contributed by atoms with Gasteiger partial charge >= 0.3 is 0 Å². The van der Waals surface area contributed by atoms with Crippen LogP contribution in [0.5, 0.6) is 5.75 Å². The number of aliphatic imine (C=N–C) groups is 1. The Balaban J connectivity index is 1.71. The van der Waals surface area contributed by atoms with Crippen LogP contribution >= 0.6 is 11.6 Å². The summed E-state index contributed by atoms with van der Waals surface area (Å²) in [5.74, 6) is -1.29. The fourth-order valence-corrected chi connectivity index (χ4v) is 4.73. The largest absolute Gasteiger partial charge is 0.485 e. The zero-order valence-electron chi connectivity index (χ0n) is 22.4. The molecule has 0 bridgehead atoms. The number of aryl methyl sites for hydroxylation is 1. The van der Waals surface area contributed by atoms with Gasteiger partial charge in [-0.15, -0.1) is 0 Å². The Bertz CT molecular complexity index is 1620. The third-order valence-corrected chi connectivity index (χ3v) is 6.95. The number of allylic oxidation sites excluding steroid dienone is 3. The number of rotatable bonds is 7. The van der Waals surface area contributed by atoms with Crippen LogP contribution in [0.3, 0.4) is 0 Å². The first-order valence-corrected chi connectivity index (χ1v) is 13.0. The molecule has 40 heavy (non-hydrogen) atoms. The van der Waals surface area contributed by atoms with E-state index >= 15 is 0 Å². The first kappa shape index (κ1) is 29.1. The second-order valence-corrected chi connectivity index (χ2v) is 9.77. The molecule has 8 nitrogen and oxygen atoms in total. The Hall–Kier alpha value is -3.89. The Morgan fingerprint density at radius 3 is 2.65 bits per heavy atom. The molecule has 3 aromatic heterocycles. The minimum atomic E-state index is -0.879. The predicted octanol–water partition coefficient (Wildman–Crippen LogP) is 5.11. The van der Waals surface area contributed by atoms with Crippen LogP contribution in [0, 0.1) is 18.6 Å². The number of ether oxygens (including phenoxy) is 2. The van der Waals surface area contributed by atoms with Gasteiger partial charge in [0.1, 0.15) is 34.7 Å². The Morgan fingerprint density at radius 1 is 1.27 bits per heavy atom. The molecule has 0 unspecified atom stereocenters. The van der Waals surface area contributed by atoms with E-state index < -0.39 is 17.2 Å². The fourth-order valence-electron chi connectivity index (χ4n) is 4.53. The molecule has 1 aliphatic heterocycles. The summed E-state index contributed by atoms with van der Waals surface area (Å²) in [6, 6.07) is 5.83. The van der Waals surface area contributed by atoms with Crippen LogP contribution in [-0.4, -0.2) is 40.2 Å². The van der Waals surface area contributed by atoms with Crippen molar-refractivity contribution in [3.05, 3.63) is 109 Å². The minimum absolute atomic E-state index is 0.0109. The Morgan fingerprint density at radius 2 is 2.00 bits per heavy atom. The van der Waals surface area contributed by atoms with Gasteiger partial charge in [0.25, 0.3) is 11.1 Å². The fraction of sp³-hybridized carbons (Fsp3) is 0.310. The van der Waals surface area contributed by atoms with E-state index in [0.717, 1.165) is 19.0 Å². The van der Waals surface area contributed by atoms with Crippen molar-refractivity contribution in [2.24, 2.45) is 4.99 Å². The minimum Gasteiger partial charge on any atom is -0.485 e. The molecular weight excluding hydrogens is 542 g/mol. The van der Waals surface area contributed by atoms with Crippen LogP contribution < -0.4 is 15.9 Å². The summed E-state index contributed by atoms with van der Waals surface area (Å²) in [4.78, 5) is 34.9. The number of pyridine rings is 3. The molecule has 0 aliphatic carbocycles. The number of hydrogen-bond acceptors (Lipinski definition) is 6. The molecule has 3 aromatic rings. The number of aromatic nitrogens is 3. The van der Waals surface area contributed by atoms with Gasteiger partial charge in [-0.1, -0.05) is 24.2 Å². The molecule has 1 aliphatic rings.